The lowest BCUT2D eigenvalue weighted by Gasteiger charge is -2.52. The number of hydrogen-bond acceptors (Lipinski definition) is 4. The first-order valence-corrected chi connectivity index (χ1v) is 6.70. The molecule has 2 rings (SSSR count). The van der Waals surface area contributed by atoms with Crippen molar-refractivity contribution in [3.8, 4) is 0 Å². The molecule has 0 saturated carbocycles. The van der Waals surface area contributed by atoms with Gasteiger partial charge < -0.3 is 10.5 Å². The maximum Gasteiger partial charge on any atom is 0.0743 e. The summed E-state index contributed by atoms with van der Waals surface area (Å²) in [4.78, 5) is 5.01. The van der Waals surface area contributed by atoms with Crippen LogP contribution < -0.4 is 5.73 Å². The molecule has 2 N–H and O–H groups in total. The molecule has 2 atom stereocenters. The lowest BCUT2D eigenvalue weighted by atomic mass is 9.86. The lowest BCUT2D eigenvalue weighted by Crippen LogP contribution is -2.67. The number of nitrogens with two attached hydrogens (primary N) is 1. The summed E-state index contributed by atoms with van der Waals surface area (Å²) >= 11 is 0. The van der Waals surface area contributed by atoms with Crippen LogP contribution >= 0.6 is 0 Å². The van der Waals surface area contributed by atoms with E-state index in [1.807, 2.05) is 0 Å². The Morgan fingerprint density at radius 1 is 1.35 bits per heavy atom. The fourth-order valence-corrected chi connectivity index (χ4v) is 3.20. The summed E-state index contributed by atoms with van der Waals surface area (Å²) in [5.41, 5.74) is 6.37. The van der Waals surface area contributed by atoms with Gasteiger partial charge >= 0.3 is 0 Å². The lowest BCUT2D eigenvalue weighted by molar-refractivity contribution is -0.0485. The molecule has 0 amide bonds. The van der Waals surface area contributed by atoms with Crippen LogP contribution in [0.25, 0.3) is 0 Å². The van der Waals surface area contributed by atoms with Gasteiger partial charge in [-0.3, -0.25) is 9.80 Å². The van der Waals surface area contributed by atoms with E-state index in [-0.39, 0.29) is 17.2 Å². The van der Waals surface area contributed by atoms with Crippen molar-refractivity contribution in [2.24, 2.45) is 5.73 Å². The summed E-state index contributed by atoms with van der Waals surface area (Å²) < 4.78 is 5.77. The first-order chi connectivity index (χ1) is 7.92. The van der Waals surface area contributed by atoms with Gasteiger partial charge in [0, 0.05) is 38.3 Å². The third-order valence-corrected chi connectivity index (χ3v) is 4.96. The fraction of sp³-hybridized carbons (Fsp3) is 1.00. The van der Waals surface area contributed by atoms with Crippen molar-refractivity contribution >= 4 is 0 Å². The normalized spacial score (nSPS) is 39.7. The van der Waals surface area contributed by atoms with E-state index < -0.39 is 0 Å². The SMILES string of the molecule is CC1OCCC1(CN)N1CCN(C)C(C)(C)C1. The van der Waals surface area contributed by atoms with E-state index in [1.165, 1.54) is 0 Å². The van der Waals surface area contributed by atoms with Crippen LogP contribution in [0.3, 0.4) is 0 Å². The van der Waals surface area contributed by atoms with E-state index >= 15 is 0 Å². The van der Waals surface area contributed by atoms with Gasteiger partial charge in [0.15, 0.2) is 0 Å². The van der Waals surface area contributed by atoms with Crippen LogP contribution in [0.5, 0.6) is 0 Å². The van der Waals surface area contributed by atoms with E-state index in [4.69, 9.17) is 10.5 Å². The second-order valence-electron chi connectivity index (χ2n) is 6.23. The van der Waals surface area contributed by atoms with Crippen LogP contribution in [-0.2, 0) is 4.74 Å². The summed E-state index contributed by atoms with van der Waals surface area (Å²) in [5.74, 6) is 0. The molecule has 2 fully saturated rings. The summed E-state index contributed by atoms with van der Waals surface area (Å²) in [6, 6.07) is 0. The Balaban J connectivity index is 2.16. The van der Waals surface area contributed by atoms with Crippen molar-refractivity contribution in [2.75, 3.05) is 39.8 Å². The van der Waals surface area contributed by atoms with Crippen molar-refractivity contribution in [1.82, 2.24) is 9.80 Å². The third-order valence-electron chi connectivity index (χ3n) is 4.96. The predicted octanol–water partition coefficient (Wildman–Crippen LogP) is 0.519. The third kappa shape index (κ3) is 2.12. The van der Waals surface area contributed by atoms with Crippen LogP contribution in [0.4, 0.5) is 0 Å². The van der Waals surface area contributed by atoms with Gasteiger partial charge in [-0.25, -0.2) is 0 Å². The molecular weight excluding hydrogens is 214 g/mol. The molecule has 0 aromatic heterocycles. The molecule has 0 aromatic carbocycles. The Hall–Kier alpha value is -0.160. The van der Waals surface area contributed by atoms with E-state index in [2.05, 4.69) is 37.6 Å². The summed E-state index contributed by atoms with van der Waals surface area (Å²) in [6.07, 6.45) is 1.33. The summed E-state index contributed by atoms with van der Waals surface area (Å²) in [5, 5.41) is 0. The van der Waals surface area contributed by atoms with E-state index in [9.17, 15) is 0 Å². The predicted molar refractivity (Wildman–Crippen MR) is 70.1 cm³/mol. The van der Waals surface area contributed by atoms with E-state index in [0.717, 1.165) is 32.7 Å². The number of nitrogens with zero attached hydrogens (tertiary/aromatic N) is 2. The van der Waals surface area contributed by atoms with Gasteiger partial charge in [0.25, 0.3) is 0 Å². The highest BCUT2D eigenvalue weighted by Gasteiger charge is 2.48. The molecule has 0 aromatic rings. The second kappa shape index (κ2) is 4.50. The van der Waals surface area contributed by atoms with Crippen LogP contribution in [0, 0.1) is 0 Å². The van der Waals surface area contributed by atoms with E-state index in [0.29, 0.717) is 6.54 Å². The van der Waals surface area contributed by atoms with Crippen molar-refractivity contribution in [3.63, 3.8) is 0 Å². The highest BCUT2D eigenvalue weighted by Crippen LogP contribution is 2.34. The largest absolute Gasteiger partial charge is 0.376 e. The van der Waals surface area contributed by atoms with Crippen LogP contribution in [0.1, 0.15) is 27.2 Å². The molecule has 4 heteroatoms. The smallest absolute Gasteiger partial charge is 0.0743 e. The van der Waals surface area contributed by atoms with Crippen molar-refractivity contribution in [2.45, 2.75) is 44.4 Å². The average Bonchev–Trinajstić information content (AvgIpc) is 2.65. The molecule has 0 spiro atoms. The first-order valence-electron chi connectivity index (χ1n) is 6.70. The summed E-state index contributed by atoms with van der Waals surface area (Å²) in [6.45, 7) is 11.6. The topological polar surface area (TPSA) is 41.7 Å². The minimum absolute atomic E-state index is 0.0680. The number of ether oxygens (including phenoxy) is 1. The monoisotopic (exact) mass is 241 g/mol. The second-order valence-corrected chi connectivity index (χ2v) is 6.23. The van der Waals surface area contributed by atoms with Crippen molar-refractivity contribution in [3.05, 3.63) is 0 Å². The number of piperazine rings is 1. The maximum absolute atomic E-state index is 6.08. The van der Waals surface area contributed by atoms with Crippen molar-refractivity contribution in [1.29, 1.82) is 0 Å². The van der Waals surface area contributed by atoms with Gasteiger partial charge in [0.05, 0.1) is 11.6 Å². The highest BCUT2D eigenvalue weighted by molar-refractivity contribution is 5.04. The quantitative estimate of drug-likeness (QED) is 0.765. The molecule has 0 aliphatic carbocycles. The molecule has 17 heavy (non-hydrogen) atoms. The first kappa shape index (κ1) is 13.3. The number of rotatable bonds is 2. The van der Waals surface area contributed by atoms with Crippen LogP contribution in [0.15, 0.2) is 0 Å². The van der Waals surface area contributed by atoms with Crippen molar-refractivity contribution < 1.29 is 4.74 Å². The van der Waals surface area contributed by atoms with Crippen LogP contribution in [0.2, 0.25) is 0 Å². The zero-order valence-electron chi connectivity index (χ0n) is 11.7. The zero-order valence-corrected chi connectivity index (χ0v) is 11.7. The molecule has 0 bridgehead atoms. The zero-order chi connectivity index (χ0) is 12.7. The van der Waals surface area contributed by atoms with E-state index in [1.54, 1.807) is 0 Å². The Bertz CT molecular complexity index is 282. The molecule has 0 radical (unpaired) electrons. The molecular formula is C13H27N3O. The van der Waals surface area contributed by atoms with Gasteiger partial charge in [0.1, 0.15) is 0 Å². The average molecular weight is 241 g/mol. The fourth-order valence-electron chi connectivity index (χ4n) is 3.20. The molecule has 100 valence electrons. The Morgan fingerprint density at radius 3 is 2.53 bits per heavy atom. The minimum Gasteiger partial charge on any atom is -0.376 e. The molecule has 2 aliphatic rings. The minimum atomic E-state index is 0.0680. The molecule has 2 aliphatic heterocycles. The highest BCUT2D eigenvalue weighted by atomic mass is 16.5. The Morgan fingerprint density at radius 2 is 2.06 bits per heavy atom. The van der Waals surface area contributed by atoms with Gasteiger partial charge in [-0.2, -0.15) is 0 Å². The van der Waals surface area contributed by atoms with Gasteiger partial charge in [-0.15, -0.1) is 0 Å². The molecule has 2 heterocycles. The summed E-state index contributed by atoms with van der Waals surface area (Å²) in [7, 11) is 2.21. The molecule has 4 nitrogen and oxygen atoms in total. The van der Waals surface area contributed by atoms with Gasteiger partial charge in [-0.05, 0) is 34.2 Å². The molecule has 2 saturated heterocycles. The van der Waals surface area contributed by atoms with Gasteiger partial charge in [-0.1, -0.05) is 0 Å². The van der Waals surface area contributed by atoms with Gasteiger partial charge in [0.2, 0.25) is 0 Å². The number of likely N-dealkylation sites (N-methyl/N-ethyl adjacent to an activating group) is 1. The Kier molecular flexibility index (Phi) is 3.51. The molecule has 2 unspecified atom stereocenters. The Labute approximate surface area is 105 Å². The standard InChI is InChI=1S/C13H27N3O/c1-11-13(9-14,5-8-17-11)16-7-6-15(4)12(2,3)10-16/h11H,5-10,14H2,1-4H3. The number of hydrogen-bond donors (Lipinski definition) is 1. The van der Waals surface area contributed by atoms with Crippen LogP contribution in [-0.4, -0.2) is 66.8 Å². The maximum atomic E-state index is 6.08.